The second-order valence-electron chi connectivity index (χ2n) is 5.09. The van der Waals surface area contributed by atoms with Gasteiger partial charge in [-0.3, -0.25) is 14.3 Å². The van der Waals surface area contributed by atoms with Crippen molar-refractivity contribution in [3.05, 3.63) is 47.5 Å². The van der Waals surface area contributed by atoms with Gasteiger partial charge >= 0.3 is 11.8 Å². The Morgan fingerprint density at radius 1 is 1.17 bits per heavy atom. The Morgan fingerprint density at radius 2 is 1.83 bits per heavy atom. The zero-order valence-electron chi connectivity index (χ0n) is 12.8. The Balaban J connectivity index is 1.79. The van der Waals surface area contributed by atoms with Crippen LogP contribution in [0.1, 0.15) is 12.0 Å². The van der Waals surface area contributed by atoms with Gasteiger partial charge in [-0.1, -0.05) is 0 Å². The summed E-state index contributed by atoms with van der Waals surface area (Å²) in [5, 5.41) is 8.39. The van der Waals surface area contributed by atoms with Crippen LogP contribution in [0.15, 0.2) is 24.5 Å². The maximum absolute atomic E-state index is 13.0. The van der Waals surface area contributed by atoms with Gasteiger partial charge in [-0.15, -0.1) is 0 Å². The predicted molar refractivity (Wildman–Crippen MR) is 79.5 cm³/mol. The van der Waals surface area contributed by atoms with E-state index < -0.39 is 29.3 Å². The number of aromatic nitrogens is 2. The van der Waals surface area contributed by atoms with Crippen LogP contribution in [0.3, 0.4) is 0 Å². The van der Waals surface area contributed by atoms with E-state index >= 15 is 0 Å². The maximum atomic E-state index is 13.0. The quantitative estimate of drug-likeness (QED) is 0.492. The molecule has 6 nitrogen and oxygen atoms in total. The van der Waals surface area contributed by atoms with Gasteiger partial charge in [-0.2, -0.15) is 5.10 Å². The van der Waals surface area contributed by atoms with Gasteiger partial charge < -0.3 is 10.6 Å². The van der Waals surface area contributed by atoms with Crippen LogP contribution in [0.2, 0.25) is 0 Å². The molecule has 0 bridgehead atoms. The van der Waals surface area contributed by atoms with Crippen molar-refractivity contribution in [1.29, 1.82) is 0 Å². The molecule has 0 aliphatic carbocycles. The first kappa shape index (κ1) is 17.5. The molecular weight excluding hydrogens is 325 g/mol. The molecule has 128 valence electrons. The third-order valence-corrected chi connectivity index (χ3v) is 3.13. The Labute approximate surface area is 135 Å². The number of nitrogens with zero attached hydrogens (tertiary/aromatic N) is 2. The van der Waals surface area contributed by atoms with Crippen molar-refractivity contribution in [1.82, 2.24) is 15.1 Å². The van der Waals surface area contributed by atoms with Crippen LogP contribution in [0, 0.1) is 17.5 Å². The van der Waals surface area contributed by atoms with Crippen LogP contribution in [-0.4, -0.2) is 28.1 Å². The number of aryl methyl sites for hydroxylation is 2. The Hall–Kier alpha value is -2.84. The average Bonchev–Trinajstić information content (AvgIpc) is 2.94. The van der Waals surface area contributed by atoms with Crippen molar-refractivity contribution in [3.8, 4) is 0 Å². The van der Waals surface area contributed by atoms with Crippen molar-refractivity contribution in [2.75, 3.05) is 11.9 Å². The van der Waals surface area contributed by atoms with Crippen molar-refractivity contribution in [2.24, 2.45) is 7.05 Å². The largest absolute Gasteiger partial charge is 0.348 e. The molecule has 2 N–H and O–H groups in total. The van der Waals surface area contributed by atoms with E-state index in [1.54, 1.807) is 17.9 Å². The van der Waals surface area contributed by atoms with Crippen LogP contribution in [0.4, 0.5) is 18.9 Å². The highest BCUT2D eigenvalue weighted by Gasteiger charge is 2.16. The highest BCUT2D eigenvalue weighted by Crippen LogP contribution is 2.17. The van der Waals surface area contributed by atoms with Crippen LogP contribution < -0.4 is 10.6 Å². The molecule has 0 fully saturated rings. The summed E-state index contributed by atoms with van der Waals surface area (Å²) in [4.78, 5) is 23.2. The molecule has 9 heteroatoms. The minimum absolute atomic E-state index is 0.243. The average molecular weight is 340 g/mol. The fourth-order valence-electron chi connectivity index (χ4n) is 1.99. The highest BCUT2D eigenvalue weighted by molar-refractivity contribution is 6.39. The molecule has 2 amide bonds. The SMILES string of the molecule is Cn1cc(CCCNC(=O)C(=O)Nc2cc(F)c(F)c(F)c2)cn1. The maximum Gasteiger partial charge on any atom is 0.313 e. The number of benzene rings is 1. The molecule has 0 aliphatic heterocycles. The number of amides is 2. The predicted octanol–water partition coefficient (Wildman–Crippen LogP) is 1.52. The fraction of sp³-hybridized carbons (Fsp3) is 0.267. The molecule has 2 aromatic rings. The molecule has 0 aliphatic rings. The van der Waals surface area contributed by atoms with Gasteiger partial charge in [0.25, 0.3) is 0 Å². The first-order valence-corrected chi connectivity index (χ1v) is 7.08. The number of hydrogen-bond acceptors (Lipinski definition) is 3. The van der Waals surface area contributed by atoms with Gasteiger partial charge in [0, 0.05) is 37.6 Å². The molecule has 0 saturated carbocycles. The molecule has 0 atom stereocenters. The molecule has 1 heterocycles. The summed E-state index contributed by atoms with van der Waals surface area (Å²) < 4.78 is 40.5. The summed E-state index contributed by atoms with van der Waals surface area (Å²) >= 11 is 0. The Bertz CT molecular complexity index is 738. The Kier molecular flexibility index (Phi) is 5.56. The lowest BCUT2D eigenvalue weighted by Gasteiger charge is -2.07. The van der Waals surface area contributed by atoms with Crippen LogP contribution in [-0.2, 0) is 23.1 Å². The number of halogens is 3. The van der Waals surface area contributed by atoms with Crippen LogP contribution in [0.5, 0.6) is 0 Å². The van der Waals surface area contributed by atoms with E-state index in [1.807, 2.05) is 11.5 Å². The highest BCUT2D eigenvalue weighted by atomic mass is 19.2. The molecule has 1 aromatic heterocycles. The molecule has 2 rings (SSSR count). The zero-order chi connectivity index (χ0) is 17.7. The third kappa shape index (κ3) is 4.58. The van der Waals surface area contributed by atoms with E-state index in [9.17, 15) is 22.8 Å². The van der Waals surface area contributed by atoms with Gasteiger partial charge in [-0.05, 0) is 18.4 Å². The van der Waals surface area contributed by atoms with E-state index in [0.29, 0.717) is 25.0 Å². The number of rotatable bonds is 5. The molecule has 1 aromatic carbocycles. The Morgan fingerprint density at radius 3 is 2.42 bits per heavy atom. The van der Waals surface area contributed by atoms with E-state index in [2.05, 4.69) is 10.4 Å². The van der Waals surface area contributed by atoms with Crippen LogP contribution >= 0.6 is 0 Å². The van der Waals surface area contributed by atoms with E-state index in [-0.39, 0.29) is 12.2 Å². The lowest BCUT2D eigenvalue weighted by atomic mass is 10.2. The fourth-order valence-corrected chi connectivity index (χ4v) is 1.99. The summed E-state index contributed by atoms with van der Waals surface area (Å²) in [6.45, 7) is 0.243. The molecule has 0 unspecified atom stereocenters. The van der Waals surface area contributed by atoms with Gasteiger partial charge in [0.1, 0.15) is 0 Å². The first-order chi connectivity index (χ1) is 11.4. The summed E-state index contributed by atoms with van der Waals surface area (Å²) in [6.07, 6.45) is 4.80. The first-order valence-electron chi connectivity index (χ1n) is 7.08. The van der Waals surface area contributed by atoms with Crippen molar-refractivity contribution >= 4 is 17.5 Å². The van der Waals surface area contributed by atoms with Gasteiger partial charge in [0.2, 0.25) is 0 Å². The van der Waals surface area contributed by atoms with Crippen molar-refractivity contribution in [2.45, 2.75) is 12.8 Å². The second-order valence-corrected chi connectivity index (χ2v) is 5.09. The van der Waals surface area contributed by atoms with Gasteiger partial charge in [-0.25, -0.2) is 13.2 Å². The lowest BCUT2D eigenvalue weighted by Crippen LogP contribution is -2.36. The summed E-state index contributed by atoms with van der Waals surface area (Å²) in [5.41, 5.74) is 0.648. The summed E-state index contributed by atoms with van der Waals surface area (Å²) in [7, 11) is 1.79. The van der Waals surface area contributed by atoms with Gasteiger partial charge in [0.05, 0.1) is 6.20 Å². The number of anilines is 1. The number of hydrogen-bond donors (Lipinski definition) is 2. The lowest BCUT2D eigenvalue weighted by molar-refractivity contribution is -0.136. The summed E-state index contributed by atoms with van der Waals surface area (Å²) in [6, 6.07) is 1.18. The minimum Gasteiger partial charge on any atom is -0.348 e. The number of nitrogens with one attached hydrogen (secondary N) is 2. The standard InChI is InChI=1S/C15H15F3N4O2/c1-22-8-9(7-20-22)3-2-4-19-14(23)15(24)21-10-5-11(16)13(18)12(17)6-10/h5-8H,2-4H2,1H3,(H,19,23)(H,21,24). The van der Waals surface area contributed by atoms with E-state index in [1.165, 1.54) is 0 Å². The topological polar surface area (TPSA) is 76.0 Å². The third-order valence-electron chi connectivity index (χ3n) is 3.13. The zero-order valence-corrected chi connectivity index (χ0v) is 12.8. The normalized spacial score (nSPS) is 10.5. The smallest absolute Gasteiger partial charge is 0.313 e. The van der Waals surface area contributed by atoms with E-state index in [4.69, 9.17) is 0 Å². The minimum atomic E-state index is -1.65. The number of carbonyl (C=O) groups excluding carboxylic acids is 2. The molecular formula is C15H15F3N4O2. The van der Waals surface area contributed by atoms with Crippen LogP contribution in [0.25, 0.3) is 0 Å². The van der Waals surface area contributed by atoms with Crippen molar-refractivity contribution in [3.63, 3.8) is 0 Å². The molecule has 24 heavy (non-hydrogen) atoms. The molecule has 0 radical (unpaired) electrons. The summed E-state index contributed by atoms with van der Waals surface area (Å²) in [5.74, 6) is -6.61. The molecule has 0 saturated heterocycles. The van der Waals surface area contributed by atoms with E-state index in [0.717, 1.165) is 5.56 Å². The monoisotopic (exact) mass is 340 g/mol. The molecule has 0 spiro atoms. The number of carbonyl (C=O) groups is 2. The van der Waals surface area contributed by atoms with Gasteiger partial charge in [0.15, 0.2) is 17.5 Å². The van der Waals surface area contributed by atoms with Crippen molar-refractivity contribution < 1.29 is 22.8 Å². The second kappa shape index (κ2) is 7.62.